The van der Waals surface area contributed by atoms with Gasteiger partial charge in [-0.25, -0.2) is 4.79 Å². The highest BCUT2D eigenvalue weighted by Crippen LogP contribution is 2.06. The van der Waals surface area contributed by atoms with Crippen LogP contribution in [-0.4, -0.2) is 55.1 Å². The number of urea groups is 1. The molecule has 15 heavy (non-hydrogen) atoms. The minimum absolute atomic E-state index is 0.102. The molecule has 1 rings (SSSR count). The van der Waals surface area contributed by atoms with E-state index in [2.05, 4.69) is 31.1 Å². The van der Waals surface area contributed by atoms with Crippen molar-refractivity contribution in [2.45, 2.75) is 32.7 Å². The molecule has 1 saturated heterocycles. The second-order valence-electron chi connectivity index (χ2n) is 4.50. The van der Waals surface area contributed by atoms with E-state index < -0.39 is 0 Å². The summed E-state index contributed by atoms with van der Waals surface area (Å²) in [6.45, 7) is 7.81. The summed E-state index contributed by atoms with van der Waals surface area (Å²) in [6.07, 6.45) is 2.30. The van der Waals surface area contributed by atoms with Gasteiger partial charge in [-0.05, 0) is 33.7 Å². The van der Waals surface area contributed by atoms with Crippen LogP contribution in [0, 0.1) is 0 Å². The van der Waals surface area contributed by atoms with E-state index in [9.17, 15) is 4.79 Å². The zero-order chi connectivity index (χ0) is 11.3. The van der Waals surface area contributed by atoms with Gasteiger partial charge in [-0.1, -0.05) is 0 Å². The average molecular weight is 213 g/mol. The molecule has 0 aromatic rings. The molecule has 1 aliphatic heterocycles. The minimum atomic E-state index is 0.102. The Kier molecular flexibility index (Phi) is 4.88. The number of carbonyl (C=O) groups excluding carboxylic acids is 1. The average Bonchev–Trinajstić information content (AvgIpc) is 2.70. The highest BCUT2D eigenvalue weighted by Gasteiger charge is 2.17. The Labute approximate surface area is 92.6 Å². The van der Waals surface area contributed by atoms with Gasteiger partial charge in [0.2, 0.25) is 0 Å². The molecule has 0 spiro atoms. The molecule has 2 amide bonds. The molecule has 0 unspecified atom stereocenters. The standard InChI is InChI=1S/C11H23N3O/c1-10(2)13(3)9-6-12-11(15)14-7-4-5-8-14/h10H,4-9H2,1-3H3,(H,12,15). The number of hydrogen-bond donors (Lipinski definition) is 1. The molecule has 4 nitrogen and oxygen atoms in total. The number of nitrogens with one attached hydrogen (secondary N) is 1. The first-order valence-electron chi connectivity index (χ1n) is 5.84. The quantitative estimate of drug-likeness (QED) is 0.760. The molecule has 0 aromatic carbocycles. The molecule has 0 radical (unpaired) electrons. The van der Waals surface area contributed by atoms with Gasteiger partial charge in [0.25, 0.3) is 0 Å². The zero-order valence-electron chi connectivity index (χ0n) is 10.1. The lowest BCUT2D eigenvalue weighted by molar-refractivity contribution is 0.204. The van der Waals surface area contributed by atoms with Gasteiger partial charge in [-0.15, -0.1) is 0 Å². The van der Waals surface area contributed by atoms with Crippen LogP contribution >= 0.6 is 0 Å². The molecule has 0 saturated carbocycles. The first-order valence-corrected chi connectivity index (χ1v) is 5.84. The van der Waals surface area contributed by atoms with Crippen molar-refractivity contribution in [1.29, 1.82) is 0 Å². The van der Waals surface area contributed by atoms with Gasteiger partial charge >= 0.3 is 6.03 Å². The molecule has 1 heterocycles. The van der Waals surface area contributed by atoms with Crippen LogP contribution in [0.5, 0.6) is 0 Å². The SMILES string of the molecule is CC(C)N(C)CCNC(=O)N1CCCC1. The summed E-state index contributed by atoms with van der Waals surface area (Å²) in [6, 6.07) is 0.637. The van der Waals surface area contributed by atoms with Crippen LogP contribution in [0.1, 0.15) is 26.7 Å². The van der Waals surface area contributed by atoms with Crippen LogP contribution in [0.4, 0.5) is 4.79 Å². The van der Waals surface area contributed by atoms with Gasteiger partial charge in [0.1, 0.15) is 0 Å². The van der Waals surface area contributed by atoms with Crippen molar-refractivity contribution in [2.75, 3.05) is 33.2 Å². The molecule has 1 N–H and O–H groups in total. The third-order valence-electron chi connectivity index (χ3n) is 3.02. The molecule has 1 fully saturated rings. The van der Waals surface area contributed by atoms with Crippen molar-refractivity contribution in [3.63, 3.8) is 0 Å². The van der Waals surface area contributed by atoms with Gasteiger partial charge < -0.3 is 15.1 Å². The molecular formula is C11H23N3O. The Bertz CT molecular complexity index is 200. The summed E-state index contributed by atoms with van der Waals surface area (Å²) in [4.78, 5) is 15.7. The van der Waals surface area contributed by atoms with Crippen molar-refractivity contribution in [3.05, 3.63) is 0 Å². The van der Waals surface area contributed by atoms with Gasteiger partial charge in [0, 0.05) is 32.2 Å². The highest BCUT2D eigenvalue weighted by atomic mass is 16.2. The fraction of sp³-hybridized carbons (Fsp3) is 0.909. The third kappa shape index (κ3) is 4.08. The van der Waals surface area contributed by atoms with Crippen molar-refractivity contribution in [2.24, 2.45) is 0 Å². The lowest BCUT2D eigenvalue weighted by atomic mass is 10.3. The number of amides is 2. The Balaban J connectivity index is 2.11. The summed E-state index contributed by atoms with van der Waals surface area (Å²) in [7, 11) is 2.08. The molecular weight excluding hydrogens is 190 g/mol. The first kappa shape index (κ1) is 12.3. The number of likely N-dealkylation sites (tertiary alicyclic amines) is 1. The number of nitrogens with zero attached hydrogens (tertiary/aromatic N) is 2. The fourth-order valence-electron chi connectivity index (χ4n) is 1.63. The predicted octanol–water partition coefficient (Wildman–Crippen LogP) is 1.13. The number of likely N-dealkylation sites (N-methyl/N-ethyl adjacent to an activating group) is 1. The van der Waals surface area contributed by atoms with Crippen molar-refractivity contribution >= 4 is 6.03 Å². The summed E-state index contributed by atoms with van der Waals surface area (Å²) < 4.78 is 0. The van der Waals surface area contributed by atoms with Gasteiger partial charge in [0.15, 0.2) is 0 Å². The molecule has 88 valence electrons. The van der Waals surface area contributed by atoms with E-state index in [4.69, 9.17) is 0 Å². The summed E-state index contributed by atoms with van der Waals surface area (Å²) >= 11 is 0. The van der Waals surface area contributed by atoms with E-state index in [-0.39, 0.29) is 6.03 Å². The van der Waals surface area contributed by atoms with Crippen molar-refractivity contribution < 1.29 is 4.79 Å². The lowest BCUT2D eigenvalue weighted by Crippen LogP contribution is -2.42. The number of carbonyl (C=O) groups is 1. The Morgan fingerprint density at radius 1 is 1.40 bits per heavy atom. The maximum absolute atomic E-state index is 11.6. The van der Waals surface area contributed by atoms with Crippen LogP contribution in [0.3, 0.4) is 0 Å². The second kappa shape index (κ2) is 5.95. The maximum atomic E-state index is 11.6. The van der Waals surface area contributed by atoms with Crippen LogP contribution in [0.2, 0.25) is 0 Å². The molecule has 0 aromatic heterocycles. The van der Waals surface area contributed by atoms with Gasteiger partial charge in [-0.3, -0.25) is 0 Å². The predicted molar refractivity (Wildman–Crippen MR) is 62.0 cm³/mol. The highest BCUT2D eigenvalue weighted by molar-refractivity contribution is 5.74. The molecule has 4 heteroatoms. The third-order valence-corrected chi connectivity index (χ3v) is 3.02. The van der Waals surface area contributed by atoms with E-state index in [0.717, 1.165) is 39.0 Å². The zero-order valence-corrected chi connectivity index (χ0v) is 10.1. The van der Waals surface area contributed by atoms with Crippen LogP contribution in [0.15, 0.2) is 0 Å². The maximum Gasteiger partial charge on any atom is 0.317 e. The number of hydrogen-bond acceptors (Lipinski definition) is 2. The van der Waals surface area contributed by atoms with Crippen molar-refractivity contribution in [3.8, 4) is 0 Å². The van der Waals surface area contributed by atoms with Crippen LogP contribution < -0.4 is 5.32 Å². The van der Waals surface area contributed by atoms with E-state index in [1.165, 1.54) is 0 Å². The second-order valence-corrected chi connectivity index (χ2v) is 4.50. The first-order chi connectivity index (χ1) is 7.11. The molecule has 0 bridgehead atoms. The van der Waals surface area contributed by atoms with Crippen LogP contribution in [0.25, 0.3) is 0 Å². The lowest BCUT2D eigenvalue weighted by Gasteiger charge is -2.22. The Morgan fingerprint density at radius 3 is 2.53 bits per heavy atom. The minimum Gasteiger partial charge on any atom is -0.337 e. The van der Waals surface area contributed by atoms with E-state index in [0.29, 0.717) is 6.04 Å². The topological polar surface area (TPSA) is 35.6 Å². The largest absolute Gasteiger partial charge is 0.337 e. The summed E-state index contributed by atoms with van der Waals surface area (Å²) in [5.41, 5.74) is 0. The monoisotopic (exact) mass is 213 g/mol. The van der Waals surface area contributed by atoms with Gasteiger partial charge in [-0.2, -0.15) is 0 Å². The molecule has 1 aliphatic rings. The molecule has 0 aliphatic carbocycles. The fourth-order valence-corrected chi connectivity index (χ4v) is 1.63. The number of rotatable bonds is 4. The van der Waals surface area contributed by atoms with Crippen LogP contribution in [-0.2, 0) is 0 Å². The van der Waals surface area contributed by atoms with E-state index >= 15 is 0 Å². The Hall–Kier alpha value is -0.770. The van der Waals surface area contributed by atoms with Gasteiger partial charge in [0.05, 0.1) is 0 Å². The van der Waals surface area contributed by atoms with Crippen molar-refractivity contribution in [1.82, 2.24) is 15.1 Å². The van der Waals surface area contributed by atoms with E-state index in [1.54, 1.807) is 0 Å². The van der Waals surface area contributed by atoms with E-state index in [1.807, 2.05) is 4.90 Å². The Morgan fingerprint density at radius 2 is 2.00 bits per heavy atom. The normalized spacial score (nSPS) is 16.5. The smallest absolute Gasteiger partial charge is 0.317 e. The molecule has 0 atom stereocenters. The summed E-state index contributed by atoms with van der Waals surface area (Å²) in [5, 5.41) is 2.96. The summed E-state index contributed by atoms with van der Waals surface area (Å²) in [5.74, 6) is 0.